The maximum atomic E-state index is 12.7. The molecular weight excluding hydrogens is 207 g/mol. The Hall–Kier alpha value is -1.64. The lowest BCUT2D eigenvalue weighted by molar-refractivity contribution is -0.138. The van der Waals surface area contributed by atoms with E-state index in [1.807, 2.05) is 6.92 Å². The van der Waals surface area contributed by atoms with Gasteiger partial charge < -0.3 is 4.74 Å². The smallest absolute Gasteiger partial charge is 0.333 e. The fourth-order valence-corrected chi connectivity index (χ4v) is 1.29. The molecule has 0 bridgehead atoms. The van der Waals surface area contributed by atoms with Gasteiger partial charge in [-0.3, -0.25) is 0 Å². The van der Waals surface area contributed by atoms with Gasteiger partial charge in [-0.25, -0.2) is 9.18 Å². The van der Waals surface area contributed by atoms with E-state index in [0.29, 0.717) is 18.6 Å². The number of rotatable bonds is 4. The van der Waals surface area contributed by atoms with Gasteiger partial charge in [0.1, 0.15) is 5.82 Å². The van der Waals surface area contributed by atoms with Gasteiger partial charge in [-0.1, -0.05) is 19.1 Å². The molecule has 0 aliphatic heterocycles. The number of ether oxygens (including phenoxy) is 1. The van der Waals surface area contributed by atoms with E-state index >= 15 is 0 Å². The van der Waals surface area contributed by atoms with Gasteiger partial charge in [-0.05, 0) is 37.1 Å². The van der Waals surface area contributed by atoms with Crippen LogP contribution < -0.4 is 0 Å². The standard InChI is InChI=1S/C13H15FO2/c1-3-11(13(15)16-4-2)9-10-5-7-12(14)8-6-10/h5-9H,3-4H2,1-2H3/b11-9+. The minimum atomic E-state index is -0.311. The molecular formula is C13H15FO2. The van der Waals surface area contributed by atoms with Crippen LogP contribution in [-0.2, 0) is 9.53 Å². The third-order valence-corrected chi connectivity index (χ3v) is 2.13. The lowest BCUT2D eigenvalue weighted by Gasteiger charge is -2.04. The first-order valence-electron chi connectivity index (χ1n) is 5.30. The molecule has 0 N–H and O–H groups in total. The molecule has 0 aliphatic rings. The second-order valence-electron chi connectivity index (χ2n) is 3.30. The predicted octanol–water partition coefficient (Wildman–Crippen LogP) is 3.18. The topological polar surface area (TPSA) is 26.3 Å². The Morgan fingerprint density at radius 3 is 2.44 bits per heavy atom. The van der Waals surface area contributed by atoms with Crippen molar-refractivity contribution in [2.75, 3.05) is 6.61 Å². The summed E-state index contributed by atoms with van der Waals surface area (Å²) in [7, 11) is 0. The third-order valence-electron chi connectivity index (χ3n) is 2.13. The molecule has 16 heavy (non-hydrogen) atoms. The van der Waals surface area contributed by atoms with Crippen LogP contribution in [0.1, 0.15) is 25.8 Å². The Balaban J connectivity index is 2.87. The van der Waals surface area contributed by atoms with E-state index in [1.165, 1.54) is 12.1 Å². The molecule has 0 saturated heterocycles. The minimum absolute atomic E-state index is 0.286. The third kappa shape index (κ3) is 3.50. The average Bonchev–Trinajstić information content (AvgIpc) is 2.28. The second-order valence-corrected chi connectivity index (χ2v) is 3.30. The van der Waals surface area contributed by atoms with Crippen molar-refractivity contribution in [1.29, 1.82) is 0 Å². The zero-order chi connectivity index (χ0) is 12.0. The molecule has 1 aromatic carbocycles. The van der Waals surface area contributed by atoms with E-state index in [9.17, 15) is 9.18 Å². The van der Waals surface area contributed by atoms with E-state index < -0.39 is 0 Å². The number of esters is 1. The van der Waals surface area contributed by atoms with E-state index in [2.05, 4.69) is 0 Å². The molecule has 0 amide bonds. The highest BCUT2D eigenvalue weighted by atomic mass is 19.1. The number of carbonyl (C=O) groups excluding carboxylic acids is 1. The van der Waals surface area contributed by atoms with E-state index in [-0.39, 0.29) is 11.8 Å². The van der Waals surface area contributed by atoms with Gasteiger partial charge in [-0.15, -0.1) is 0 Å². The highest BCUT2D eigenvalue weighted by Crippen LogP contribution is 2.12. The molecule has 1 aromatic rings. The SMILES string of the molecule is CCOC(=O)/C(=C/c1ccc(F)cc1)CC. The van der Waals surface area contributed by atoms with Gasteiger partial charge in [0.15, 0.2) is 0 Å². The van der Waals surface area contributed by atoms with Crippen LogP contribution in [-0.4, -0.2) is 12.6 Å². The zero-order valence-electron chi connectivity index (χ0n) is 9.50. The fourth-order valence-electron chi connectivity index (χ4n) is 1.29. The molecule has 2 nitrogen and oxygen atoms in total. The number of carbonyl (C=O) groups is 1. The van der Waals surface area contributed by atoms with Gasteiger partial charge in [0.2, 0.25) is 0 Å². The molecule has 1 rings (SSSR count). The molecule has 86 valence electrons. The highest BCUT2D eigenvalue weighted by Gasteiger charge is 2.07. The van der Waals surface area contributed by atoms with Crippen LogP contribution in [0.25, 0.3) is 6.08 Å². The van der Waals surface area contributed by atoms with Crippen LogP contribution >= 0.6 is 0 Å². The molecule has 0 atom stereocenters. The lowest BCUT2D eigenvalue weighted by Crippen LogP contribution is -2.06. The summed E-state index contributed by atoms with van der Waals surface area (Å²) in [6, 6.07) is 5.99. The minimum Gasteiger partial charge on any atom is -0.463 e. The Morgan fingerprint density at radius 2 is 1.94 bits per heavy atom. The molecule has 0 radical (unpaired) electrons. The van der Waals surface area contributed by atoms with Crippen molar-refractivity contribution in [2.24, 2.45) is 0 Å². The van der Waals surface area contributed by atoms with Gasteiger partial charge in [0, 0.05) is 5.57 Å². The predicted molar refractivity (Wildman–Crippen MR) is 61.3 cm³/mol. The molecule has 0 heterocycles. The summed E-state index contributed by atoms with van der Waals surface area (Å²) in [5, 5.41) is 0. The Bertz CT molecular complexity index is 379. The summed E-state index contributed by atoms with van der Waals surface area (Å²) in [6.45, 7) is 4.01. The number of hydrogen-bond acceptors (Lipinski definition) is 2. The maximum absolute atomic E-state index is 12.7. The van der Waals surface area contributed by atoms with Gasteiger partial charge >= 0.3 is 5.97 Å². The van der Waals surface area contributed by atoms with Gasteiger partial charge in [0.05, 0.1) is 6.61 Å². The number of hydrogen-bond donors (Lipinski definition) is 0. The van der Waals surface area contributed by atoms with Crippen molar-refractivity contribution in [3.05, 3.63) is 41.2 Å². The molecule has 0 unspecified atom stereocenters. The summed E-state index contributed by atoms with van der Waals surface area (Å²) >= 11 is 0. The second kappa shape index (κ2) is 6.05. The number of benzene rings is 1. The highest BCUT2D eigenvalue weighted by molar-refractivity contribution is 5.93. The first kappa shape index (κ1) is 12.4. The monoisotopic (exact) mass is 222 g/mol. The van der Waals surface area contributed by atoms with Gasteiger partial charge in [-0.2, -0.15) is 0 Å². The molecule has 3 heteroatoms. The molecule has 0 saturated carbocycles. The summed E-state index contributed by atoms with van der Waals surface area (Å²) in [5.74, 6) is -0.597. The van der Waals surface area contributed by atoms with E-state index in [0.717, 1.165) is 5.56 Å². The summed E-state index contributed by atoms with van der Waals surface area (Å²) in [5.41, 5.74) is 1.39. The van der Waals surface area contributed by atoms with E-state index in [1.54, 1.807) is 25.1 Å². The van der Waals surface area contributed by atoms with Crippen molar-refractivity contribution in [3.8, 4) is 0 Å². The van der Waals surface area contributed by atoms with E-state index in [4.69, 9.17) is 4.74 Å². The van der Waals surface area contributed by atoms with Crippen molar-refractivity contribution < 1.29 is 13.9 Å². The Labute approximate surface area is 94.7 Å². The number of halogens is 1. The van der Waals surface area contributed by atoms with Crippen LogP contribution in [0.4, 0.5) is 4.39 Å². The lowest BCUT2D eigenvalue weighted by atomic mass is 10.1. The largest absolute Gasteiger partial charge is 0.463 e. The zero-order valence-corrected chi connectivity index (χ0v) is 9.50. The van der Waals surface area contributed by atoms with Gasteiger partial charge in [0.25, 0.3) is 0 Å². The first-order valence-corrected chi connectivity index (χ1v) is 5.30. The molecule has 0 aromatic heterocycles. The molecule has 0 fully saturated rings. The summed E-state index contributed by atoms with van der Waals surface area (Å²) in [6.07, 6.45) is 2.31. The Kier molecular flexibility index (Phi) is 4.70. The van der Waals surface area contributed by atoms with Crippen molar-refractivity contribution >= 4 is 12.0 Å². The van der Waals surface area contributed by atoms with Crippen LogP contribution in [0.2, 0.25) is 0 Å². The first-order chi connectivity index (χ1) is 7.67. The normalized spacial score (nSPS) is 11.3. The van der Waals surface area contributed by atoms with Crippen LogP contribution in [0.5, 0.6) is 0 Å². The molecule has 0 aliphatic carbocycles. The summed E-state index contributed by atoms with van der Waals surface area (Å²) in [4.78, 5) is 11.5. The maximum Gasteiger partial charge on any atom is 0.333 e. The summed E-state index contributed by atoms with van der Waals surface area (Å²) < 4.78 is 17.6. The van der Waals surface area contributed by atoms with Crippen LogP contribution in [0.15, 0.2) is 29.8 Å². The average molecular weight is 222 g/mol. The van der Waals surface area contributed by atoms with Crippen molar-refractivity contribution in [3.63, 3.8) is 0 Å². The Morgan fingerprint density at radius 1 is 1.31 bits per heavy atom. The molecule has 0 spiro atoms. The van der Waals surface area contributed by atoms with Crippen LogP contribution in [0, 0.1) is 5.82 Å². The van der Waals surface area contributed by atoms with Crippen molar-refractivity contribution in [1.82, 2.24) is 0 Å². The van der Waals surface area contributed by atoms with Crippen LogP contribution in [0.3, 0.4) is 0 Å². The fraction of sp³-hybridized carbons (Fsp3) is 0.308. The van der Waals surface area contributed by atoms with Crippen molar-refractivity contribution in [2.45, 2.75) is 20.3 Å². The quantitative estimate of drug-likeness (QED) is 0.577.